The van der Waals surface area contributed by atoms with Gasteiger partial charge in [0.05, 0.1) is 24.4 Å². The molecule has 1 saturated heterocycles. The van der Waals surface area contributed by atoms with Gasteiger partial charge in [-0.1, -0.05) is 41.4 Å². The molecule has 0 spiro atoms. The Morgan fingerprint density at radius 1 is 1.00 bits per heavy atom. The van der Waals surface area contributed by atoms with Crippen LogP contribution in [0.15, 0.2) is 66.2 Å². The van der Waals surface area contributed by atoms with Crippen LogP contribution in [0.1, 0.15) is 23.6 Å². The average Bonchev–Trinajstić information content (AvgIpc) is 2.86. The van der Waals surface area contributed by atoms with Crippen molar-refractivity contribution in [1.29, 1.82) is 0 Å². The number of halogens is 1. The summed E-state index contributed by atoms with van der Waals surface area (Å²) in [6, 6.07) is 16.6. The first kappa shape index (κ1) is 25.8. The quantitative estimate of drug-likeness (QED) is 0.320. The molecule has 1 aliphatic rings. The Morgan fingerprint density at radius 3 is 2.43 bits per heavy atom. The Balaban J connectivity index is 1.65. The molecule has 4 rings (SSSR count). The lowest BCUT2D eigenvalue weighted by Gasteiger charge is -2.26. The predicted molar refractivity (Wildman–Crippen MR) is 140 cm³/mol. The van der Waals surface area contributed by atoms with Crippen molar-refractivity contribution < 1.29 is 28.6 Å². The van der Waals surface area contributed by atoms with E-state index in [0.29, 0.717) is 29.4 Å². The molecule has 190 valence electrons. The number of ether oxygens (including phenoxy) is 3. The van der Waals surface area contributed by atoms with Crippen LogP contribution in [0.3, 0.4) is 0 Å². The number of nitrogens with zero attached hydrogens (tertiary/aromatic N) is 1. The van der Waals surface area contributed by atoms with Crippen LogP contribution in [-0.2, 0) is 16.2 Å². The summed E-state index contributed by atoms with van der Waals surface area (Å²) < 4.78 is 16.8. The summed E-state index contributed by atoms with van der Waals surface area (Å²) in [4.78, 5) is 39.2. The van der Waals surface area contributed by atoms with E-state index in [9.17, 15) is 14.4 Å². The lowest BCUT2D eigenvalue weighted by Crippen LogP contribution is -2.54. The molecule has 0 radical (unpaired) electrons. The number of imide groups is 2. The van der Waals surface area contributed by atoms with Crippen LogP contribution >= 0.6 is 11.6 Å². The van der Waals surface area contributed by atoms with Crippen molar-refractivity contribution in [2.45, 2.75) is 20.5 Å². The van der Waals surface area contributed by atoms with Crippen molar-refractivity contribution in [2.75, 3.05) is 18.6 Å². The zero-order valence-corrected chi connectivity index (χ0v) is 21.3. The smallest absolute Gasteiger partial charge is 0.335 e. The normalized spacial score (nSPS) is 14.5. The minimum Gasteiger partial charge on any atom is -0.497 e. The highest BCUT2D eigenvalue weighted by atomic mass is 35.5. The third-order valence-corrected chi connectivity index (χ3v) is 5.82. The summed E-state index contributed by atoms with van der Waals surface area (Å²) in [5.74, 6) is -0.312. The van der Waals surface area contributed by atoms with E-state index >= 15 is 0 Å². The van der Waals surface area contributed by atoms with Gasteiger partial charge < -0.3 is 14.2 Å². The Hall–Kier alpha value is -4.30. The van der Waals surface area contributed by atoms with Crippen molar-refractivity contribution in [1.82, 2.24) is 5.32 Å². The van der Waals surface area contributed by atoms with Gasteiger partial charge in [0.2, 0.25) is 0 Å². The zero-order valence-electron chi connectivity index (χ0n) is 20.5. The van der Waals surface area contributed by atoms with Crippen molar-refractivity contribution >= 4 is 41.2 Å². The fraction of sp³-hybridized carbons (Fsp3) is 0.179. The molecule has 0 aliphatic carbocycles. The number of barbiturate groups is 1. The molecule has 1 N–H and O–H groups in total. The number of anilines is 1. The Kier molecular flexibility index (Phi) is 7.79. The number of aryl methyl sites for hydroxylation is 1. The van der Waals surface area contributed by atoms with E-state index in [0.717, 1.165) is 16.0 Å². The van der Waals surface area contributed by atoms with Gasteiger partial charge in [0.1, 0.15) is 17.9 Å². The number of hydrogen-bond acceptors (Lipinski definition) is 6. The second-order valence-corrected chi connectivity index (χ2v) is 8.60. The summed E-state index contributed by atoms with van der Waals surface area (Å²) in [5.41, 5.74) is 2.56. The number of amides is 4. The summed E-state index contributed by atoms with van der Waals surface area (Å²) in [6.45, 7) is 4.44. The molecular formula is C28H25ClN2O6. The number of rotatable bonds is 8. The van der Waals surface area contributed by atoms with Gasteiger partial charge in [-0.15, -0.1) is 0 Å². The number of benzene rings is 3. The van der Waals surface area contributed by atoms with Gasteiger partial charge in [-0.25, -0.2) is 9.69 Å². The first-order valence-electron chi connectivity index (χ1n) is 11.5. The first-order chi connectivity index (χ1) is 17.8. The summed E-state index contributed by atoms with van der Waals surface area (Å²) in [5, 5.41) is 2.45. The maximum Gasteiger partial charge on any atom is 0.335 e. The lowest BCUT2D eigenvalue weighted by atomic mass is 10.1. The highest BCUT2D eigenvalue weighted by Gasteiger charge is 2.37. The van der Waals surface area contributed by atoms with Crippen molar-refractivity contribution in [2.24, 2.45) is 0 Å². The van der Waals surface area contributed by atoms with Gasteiger partial charge in [-0.3, -0.25) is 14.9 Å². The highest BCUT2D eigenvalue weighted by Crippen LogP contribution is 2.38. The Bertz CT molecular complexity index is 1380. The maximum atomic E-state index is 13.2. The topological polar surface area (TPSA) is 94.2 Å². The van der Waals surface area contributed by atoms with E-state index in [1.165, 1.54) is 13.2 Å². The van der Waals surface area contributed by atoms with Crippen LogP contribution in [0.25, 0.3) is 6.08 Å². The van der Waals surface area contributed by atoms with Crippen LogP contribution in [0, 0.1) is 6.92 Å². The molecule has 0 saturated carbocycles. The van der Waals surface area contributed by atoms with Gasteiger partial charge in [-0.05, 0) is 67.4 Å². The van der Waals surface area contributed by atoms with Crippen molar-refractivity contribution in [3.8, 4) is 17.2 Å². The molecule has 0 bridgehead atoms. The minimum absolute atomic E-state index is 0.234. The fourth-order valence-electron chi connectivity index (χ4n) is 3.82. The van der Waals surface area contributed by atoms with Gasteiger partial charge in [0.25, 0.3) is 11.8 Å². The maximum absolute atomic E-state index is 13.2. The third-order valence-electron chi connectivity index (χ3n) is 5.54. The molecule has 0 atom stereocenters. The van der Waals surface area contributed by atoms with Crippen LogP contribution in [-0.4, -0.2) is 31.6 Å². The molecule has 0 unspecified atom stereocenters. The second kappa shape index (κ2) is 11.2. The second-order valence-electron chi connectivity index (χ2n) is 8.20. The Morgan fingerprint density at radius 2 is 1.76 bits per heavy atom. The van der Waals surface area contributed by atoms with E-state index in [2.05, 4.69) is 5.32 Å². The summed E-state index contributed by atoms with van der Waals surface area (Å²) >= 11 is 6.54. The summed E-state index contributed by atoms with van der Waals surface area (Å²) in [7, 11) is 1.51. The molecule has 1 aliphatic heterocycles. The largest absolute Gasteiger partial charge is 0.497 e. The fourth-order valence-corrected chi connectivity index (χ4v) is 4.10. The van der Waals surface area contributed by atoms with Crippen molar-refractivity contribution in [3.05, 3.63) is 87.9 Å². The van der Waals surface area contributed by atoms with E-state index < -0.39 is 17.8 Å². The number of urea groups is 1. The van der Waals surface area contributed by atoms with Crippen LogP contribution in [0.5, 0.6) is 17.2 Å². The molecule has 3 aromatic carbocycles. The molecule has 0 aromatic heterocycles. The third kappa shape index (κ3) is 5.76. The van der Waals surface area contributed by atoms with Gasteiger partial charge >= 0.3 is 6.03 Å². The van der Waals surface area contributed by atoms with E-state index in [1.54, 1.807) is 36.4 Å². The van der Waals surface area contributed by atoms with E-state index in [-0.39, 0.29) is 22.9 Å². The van der Waals surface area contributed by atoms with Gasteiger partial charge in [-0.2, -0.15) is 0 Å². The van der Waals surface area contributed by atoms with Crippen molar-refractivity contribution in [3.63, 3.8) is 0 Å². The zero-order chi connectivity index (χ0) is 26.5. The average molecular weight is 521 g/mol. The number of carbonyl (C=O) groups excluding carboxylic acids is 3. The van der Waals surface area contributed by atoms with Crippen LogP contribution in [0.4, 0.5) is 10.5 Å². The van der Waals surface area contributed by atoms with Gasteiger partial charge in [0.15, 0.2) is 11.5 Å². The molecule has 9 heteroatoms. The highest BCUT2D eigenvalue weighted by molar-refractivity contribution is 6.39. The van der Waals surface area contributed by atoms with Crippen LogP contribution < -0.4 is 24.4 Å². The Labute approximate surface area is 219 Å². The summed E-state index contributed by atoms with van der Waals surface area (Å²) in [6.07, 6.45) is 1.36. The first-order valence-corrected chi connectivity index (χ1v) is 11.9. The standard InChI is InChI=1S/C28H25ClN2O6/c1-4-36-24-15-19(14-23(29)25(24)37-16-18-7-5-6-17(2)12-18)13-22-26(32)30-28(34)31(27(22)33)20-8-10-21(35-3)11-9-20/h5-15H,4,16H2,1-3H3,(H,30,32,34)/b22-13+. The SMILES string of the molecule is CCOc1cc(/C=C2\C(=O)NC(=O)N(c3ccc(OC)cc3)C2=O)cc(Cl)c1OCc1cccc(C)c1. The number of carbonyl (C=O) groups is 3. The van der Waals surface area contributed by atoms with Crippen LogP contribution in [0.2, 0.25) is 5.02 Å². The van der Waals surface area contributed by atoms with E-state index in [4.69, 9.17) is 25.8 Å². The number of hydrogen-bond donors (Lipinski definition) is 1. The lowest BCUT2D eigenvalue weighted by molar-refractivity contribution is -0.122. The predicted octanol–water partition coefficient (Wildman–Crippen LogP) is 5.30. The monoisotopic (exact) mass is 520 g/mol. The van der Waals surface area contributed by atoms with E-state index in [1.807, 2.05) is 38.1 Å². The number of methoxy groups -OCH3 is 1. The molecule has 8 nitrogen and oxygen atoms in total. The molecule has 4 amide bonds. The van der Waals surface area contributed by atoms with Gasteiger partial charge in [0, 0.05) is 0 Å². The molecular weight excluding hydrogens is 496 g/mol. The molecule has 1 fully saturated rings. The molecule has 37 heavy (non-hydrogen) atoms. The molecule has 1 heterocycles. The molecule has 3 aromatic rings. The number of nitrogens with one attached hydrogen (secondary N) is 1. The minimum atomic E-state index is -0.842.